The number of nitrogens with zero attached hydrogens (tertiary/aromatic N) is 6. The number of likely N-dealkylation sites (N-methyl/N-ethyl adjacent to an activating group) is 1. The fourth-order valence-corrected chi connectivity index (χ4v) is 9.08. The molecular formula is C30H30N6O5S3. The van der Waals surface area contributed by atoms with Crippen molar-refractivity contribution in [3.8, 4) is 5.75 Å². The highest BCUT2D eigenvalue weighted by Gasteiger charge is 2.73. The van der Waals surface area contributed by atoms with Crippen molar-refractivity contribution in [3.63, 3.8) is 0 Å². The largest absolute Gasteiger partial charge is 0.494 e. The van der Waals surface area contributed by atoms with E-state index in [1.165, 1.54) is 33.3 Å². The second-order valence-corrected chi connectivity index (χ2v) is 14.2. The molecule has 44 heavy (non-hydrogen) atoms. The predicted octanol–water partition coefficient (Wildman–Crippen LogP) is 4.48. The number of carbonyl (C=O) groups excluding carboxylic acids is 2. The summed E-state index contributed by atoms with van der Waals surface area (Å²) in [5, 5.41) is 2.37. The fraction of sp³-hybridized carbons (Fsp3) is 0.333. The molecule has 0 N–H and O–H groups in total. The molecule has 0 aromatic heterocycles. The minimum atomic E-state index is -4.31. The number of thiol groups is 2. The lowest BCUT2D eigenvalue weighted by Gasteiger charge is -2.47. The molecule has 3 heterocycles. The molecule has 6 rings (SSSR count). The Balaban J connectivity index is 1.51. The van der Waals surface area contributed by atoms with Crippen LogP contribution in [0.5, 0.6) is 5.75 Å². The van der Waals surface area contributed by atoms with Gasteiger partial charge in [-0.3, -0.25) is 14.5 Å². The summed E-state index contributed by atoms with van der Waals surface area (Å²) < 4.78 is 36.3. The second kappa shape index (κ2) is 11.0. The van der Waals surface area contributed by atoms with Gasteiger partial charge in [0.05, 0.1) is 22.6 Å². The molecule has 0 spiro atoms. The van der Waals surface area contributed by atoms with Crippen LogP contribution < -0.4 is 9.04 Å². The number of azide groups is 1. The number of hydrogen-bond donors (Lipinski definition) is 2. The monoisotopic (exact) mass is 650 g/mol. The van der Waals surface area contributed by atoms with Crippen LogP contribution in [0.15, 0.2) is 82.8 Å². The van der Waals surface area contributed by atoms with E-state index in [0.717, 1.165) is 11.1 Å². The number of sulfonamides is 1. The maximum absolute atomic E-state index is 14.7. The van der Waals surface area contributed by atoms with Crippen molar-refractivity contribution in [2.45, 2.75) is 46.5 Å². The number of para-hydroxylation sites is 1. The van der Waals surface area contributed by atoms with Gasteiger partial charge in [0.25, 0.3) is 21.8 Å². The quantitative estimate of drug-likeness (QED) is 0.122. The summed E-state index contributed by atoms with van der Waals surface area (Å²) in [6, 6.07) is 20.9. The van der Waals surface area contributed by atoms with Gasteiger partial charge in [-0.25, -0.2) is 12.7 Å². The summed E-state index contributed by atoms with van der Waals surface area (Å²) in [5.74, 6) is -0.492. The number of benzene rings is 3. The number of amides is 2. The van der Waals surface area contributed by atoms with E-state index in [2.05, 4.69) is 22.7 Å². The molecule has 11 nitrogen and oxygen atoms in total. The van der Waals surface area contributed by atoms with E-state index in [-0.39, 0.29) is 17.9 Å². The van der Waals surface area contributed by atoms with E-state index in [1.54, 1.807) is 24.3 Å². The molecule has 0 saturated carbocycles. The Morgan fingerprint density at radius 2 is 1.75 bits per heavy atom. The van der Waals surface area contributed by atoms with E-state index >= 15 is 0 Å². The molecule has 14 heteroatoms. The molecule has 0 radical (unpaired) electrons. The first-order valence-corrected chi connectivity index (χ1v) is 16.3. The van der Waals surface area contributed by atoms with E-state index in [4.69, 9.17) is 22.9 Å². The van der Waals surface area contributed by atoms with Gasteiger partial charge >= 0.3 is 0 Å². The third-order valence-corrected chi connectivity index (χ3v) is 11.5. The van der Waals surface area contributed by atoms with E-state index < -0.39 is 43.7 Å². The Labute approximate surface area is 266 Å². The molecule has 3 aromatic carbocycles. The zero-order valence-electron chi connectivity index (χ0n) is 23.9. The van der Waals surface area contributed by atoms with Crippen LogP contribution in [0.25, 0.3) is 10.4 Å². The summed E-state index contributed by atoms with van der Waals surface area (Å²) in [6.45, 7) is 2.53. The highest BCUT2D eigenvalue weighted by molar-refractivity contribution is 7.93. The van der Waals surface area contributed by atoms with Crippen molar-refractivity contribution in [1.29, 1.82) is 0 Å². The highest BCUT2D eigenvalue weighted by Crippen LogP contribution is 2.63. The SMILES string of the molecule is Cc1ccc([C@]23C[C@]4(S)C(=O)N(C)[C@@H](S)C(=O)N4[C@H]2N(S(=O)(=O)c2ccc(OCCCN=[N+]=[N-])cc2)c2ccccc23)cc1. The van der Waals surface area contributed by atoms with Gasteiger partial charge in [-0.2, -0.15) is 0 Å². The number of piperazine rings is 1. The zero-order valence-corrected chi connectivity index (χ0v) is 26.5. The highest BCUT2D eigenvalue weighted by atomic mass is 32.2. The Morgan fingerprint density at radius 1 is 1.07 bits per heavy atom. The average Bonchev–Trinajstić information content (AvgIpc) is 3.46. The van der Waals surface area contributed by atoms with Gasteiger partial charge in [0.1, 0.15) is 11.9 Å². The molecule has 0 aliphatic carbocycles. The standard InChI is InChI=1S/C30H30N6O5S3/c1-19-8-10-20(11-9-19)29-18-30(43)28(38)34(2)26(42)25(37)35(30)27(29)36(24-7-4-3-6-23(24)29)44(39,40)22-14-12-21(13-15-22)41-17-5-16-32-33-31/h3-4,6-15,26-27,42-43H,5,16-18H2,1-2H3/t26-,27-,29-,30-/m0/s1. The number of aryl methyl sites for hydroxylation is 1. The number of hydrogen-bond acceptors (Lipinski definition) is 8. The van der Waals surface area contributed by atoms with E-state index in [1.807, 2.05) is 43.3 Å². The van der Waals surface area contributed by atoms with Crippen molar-refractivity contribution in [2.75, 3.05) is 24.5 Å². The fourth-order valence-electron chi connectivity index (χ4n) is 6.58. The van der Waals surface area contributed by atoms with Crippen LogP contribution in [-0.4, -0.2) is 66.6 Å². The molecule has 3 aromatic rings. The number of anilines is 1. The van der Waals surface area contributed by atoms with E-state index in [0.29, 0.717) is 30.0 Å². The summed E-state index contributed by atoms with van der Waals surface area (Å²) in [7, 11) is -2.81. The minimum Gasteiger partial charge on any atom is -0.494 e. The summed E-state index contributed by atoms with van der Waals surface area (Å²) >= 11 is 9.34. The lowest BCUT2D eigenvalue weighted by Crippen LogP contribution is -2.68. The van der Waals surface area contributed by atoms with Crippen LogP contribution in [0.2, 0.25) is 0 Å². The topological polar surface area (TPSA) is 136 Å². The van der Waals surface area contributed by atoms with Gasteiger partial charge < -0.3 is 9.64 Å². The molecular weight excluding hydrogens is 621 g/mol. The van der Waals surface area contributed by atoms with Gasteiger partial charge in [-0.05, 0) is 60.3 Å². The smallest absolute Gasteiger partial charge is 0.266 e. The van der Waals surface area contributed by atoms with Crippen LogP contribution in [0.4, 0.5) is 5.69 Å². The van der Waals surface area contributed by atoms with Crippen molar-refractivity contribution in [2.24, 2.45) is 5.11 Å². The third kappa shape index (κ3) is 4.34. The van der Waals surface area contributed by atoms with Crippen molar-refractivity contribution in [3.05, 3.63) is 99.9 Å². The number of ether oxygens (including phenoxy) is 1. The zero-order chi connectivity index (χ0) is 31.4. The molecule has 2 amide bonds. The van der Waals surface area contributed by atoms with E-state index in [9.17, 15) is 18.0 Å². The maximum atomic E-state index is 14.7. The molecule has 4 atom stereocenters. The Hall–Kier alpha value is -3.84. The Morgan fingerprint density at radius 3 is 2.43 bits per heavy atom. The first kappa shape index (κ1) is 30.2. The average molecular weight is 651 g/mol. The molecule has 3 aliphatic heterocycles. The first-order chi connectivity index (χ1) is 21.0. The predicted molar refractivity (Wildman–Crippen MR) is 171 cm³/mol. The van der Waals surface area contributed by atoms with Gasteiger partial charge in [-0.1, -0.05) is 53.1 Å². The van der Waals surface area contributed by atoms with Gasteiger partial charge in [0.2, 0.25) is 0 Å². The number of fused-ring (bicyclic) bond motifs is 5. The molecule has 3 aliphatic rings. The van der Waals surface area contributed by atoms with Gasteiger partial charge in [-0.15, -0.1) is 25.3 Å². The van der Waals surface area contributed by atoms with Crippen molar-refractivity contribution >= 4 is 52.8 Å². The second-order valence-electron chi connectivity index (χ2n) is 11.1. The molecule has 2 saturated heterocycles. The molecule has 2 fully saturated rings. The summed E-state index contributed by atoms with van der Waals surface area (Å²) in [6.07, 6.45) is -0.577. The molecule has 228 valence electrons. The van der Waals surface area contributed by atoms with Crippen LogP contribution in [0.3, 0.4) is 0 Å². The number of carbonyl (C=O) groups is 2. The van der Waals surface area contributed by atoms with Crippen LogP contribution in [0, 0.1) is 6.92 Å². The maximum Gasteiger partial charge on any atom is 0.266 e. The van der Waals surface area contributed by atoms with Crippen LogP contribution in [0.1, 0.15) is 29.5 Å². The summed E-state index contributed by atoms with van der Waals surface area (Å²) in [4.78, 5) is 31.6. The van der Waals surface area contributed by atoms with Crippen molar-refractivity contribution < 1.29 is 22.7 Å². The van der Waals surface area contributed by atoms with Crippen LogP contribution in [-0.2, 0) is 25.0 Å². The van der Waals surface area contributed by atoms with Crippen LogP contribution >= 0.6 is 25.3 Å². The molecule has 0 bridgehead atoms. The van der Waals surface area contributed by atoms with Crippen molar-refractivity contribution in [1.82, 2.24) is 9.80 Å². The van der Waals surface area contributed by atoms with Gasteiger partial charge in [0.15, 0.2) is 10.2 Å². The first-order valence-electron chi connectivity index (χ1n) is 13.9. The number of rotatable bonds is 8. The minimum absolute atomic E-state index is 0.0135. The third-order valence-electron chi connectivity index (χ3n) is 8.62. The Kier molecular flexibility index (Phi) is 7.52. The Bertz CT molecular complexity index is 1800. The van der Waals surface area contributed by atoms with Gasteiger partial charge in [0, 0.05) is 24.9 Å². The lowest BCUT2D eigenvalue weighted by atomic mass is 9.72. The molecule has 0 unspecified atom stereocenters. The normalized spacial score (nSPS) is 25.8. The lowest BCUT2D eigenvalue weighted by molar-refractivity contribution is -0.157. The summed E-state index contributed by atoms with van der Waals surface area (Å²) in [5.41, 5.74) is 10.2.